The van der Waals surface area contributed by atoms with Crippen LogP contribution < -0.4 is 29.6 Å². The topological polar surface area (TPSA) is 98.7 Å². The Hall–Kier alpha value is -2.73. The van der Waals surface area contributed by atoms with Crippen molar-refractivity contribution in [3.8, 4) is 22.5 Å². The molecule has 46 heavy (non-hydrogen) atoms. The van der Waals surface area contributed by atoms with Crippen molar-refractivity contribution in [2.45, 2.75) is 95.2 Å². The van der Waals surface area contributed by atoms with Gasteiger partial charge in [0.05, 0.1) is 77.1 Å². The number of carbonyl (C=O) groups excluding carboxylic acids is 1. The van der Waals surface area contributed by atoms with Crippen molar-refractivity contribution in [1.29, 1.82) is 0 Å². The Balaban J connectivity index is 0.000000200. The molecule has 0 saturated heterocycles. The number of ketones is 1. The van der Waals surface area contributed by atoms with E-state index in [4.69, 9.17) is 0 Å². The van der Waals surface area contributed by atoms with Crippen molar-refractivity contribution in [1.82, 2.24) is 29.1 Å². The second kappa shape index (κ2) is 15.0. The van der Waals surface area contributed by atoms with Crippen molar-refractivity contribution < 1.29 is 49.7 Å². The van der Waals surface area contributed by atoms with Gasteiger partial charge in [0.1, 0.15) is 17.4 Å². The zero-order valence-corrected chi connectivity index (χ0v) is 28.4. The summed E-state index contributed by atoms with van der Waals surface area (Å²) in [4.78, 5) is 29.6. The average Bonchev–Trinajstić information content (AvgIpc) is 3.83. The minimum absolute atomic E-state index is 0. The monoisotopic (exact) mass is 635 g/mol. The minimum Gasteiger partial charge on any atom is -1.00 e. The summed E-state index contributed by atoms with van der Waals surface area (Å²) in [6.07, 6.45) is 21.7. The summed E-state index contributed by atoms with van der Waals surface area (Å²) in [7, 11) is 0. The Morgan fingerprint density at radius 2 is 1.33 bits per heavy atom. The zero-order valence-electron chi connectivity index (χ0n) is 27.4. The van der Waals surface area contributed by atoms with Crippen LogP contribution in [-0.4, -0.2) is 54.5 Å². The summed E-state index contributed by atoms with van der Waals surface area (Å²) < 4.78 is 32.2. The third-order valence-corrected chi connectivity index (χ3v) is 10.1. The fraction of sp³-hybridized carbons (Fsp3) is 0.500. The smallest absolute Gasteiger partial charge is 1.00 e. The molecule has 8 rings (SSSR count). The van der Waals surface area contributed by atoms with Crippen LogP contribution in [0.5, 0.6) is 0 Å². The Labute approximate surface area is 293 Å². The van der Waals surface area contributed by atoms with Gasteiger partial charge in [-0.3, -0.25) is 14.8 Å². The van der Waals surface area contributed by atoms with Crippen LogP contribution in [-0.2, 0) is 4.79 Å². The normalized spacial score (nSPS) is 20.6. The summed E-state index contributed by atoms with van der Waals surface area (Å²) in [5.74, 6) is 0.251. The molecule has 0 spiro atoms. The summed E-state index contributed by atoms with van der Waals surface area (Å²) in [6.45, 7) is 0. The molecule has 0 aromatic carbocycles. The number of carbonyl (C=O) groups is 1. The summed E-state index contributed by atoms with van der Waals surface area (Å²) in [5.41, 5.74) is 3.93. The van der Waals surface area contributed by atoms with E-state index < -0.39 is 0 Å². The molecule has 1 N–H and O–H groups in total. The van der Waals surface area contributed by atoms with Crippen LogP contribution in [0.2, 0.25) is 0 Å². The quantitative estimate of drug-likeness (QED) is 0.326. The fourth-order valence-corrected chi connectivity index (χ4v) is 7.82. The molecular formula is C34H39BF2N6NaO2. The molecule has 2 fully saturated rings. The number of nitrogens with zero attached hydrogens (tertiary/aromatic N) is 6. The summed E-state index contributed by atoms with van der Waals surface area (Å²) >= 11 is 0. The summed E-state index contributed by atoms with van der Waals surface area (Å²) in [6, 6.07) is 2.43. The standard InChI is InChI=1S/C17H20FN3O.C17H18FN3O.B.Na.H/c2*18-12-6-7-20-17-13(21-10-19-9-14(21)16(12)17)8-15(22)11-4-2-1-3-5-11;;;/h6-7,9-11,13,15,22H,1-5,8H2;6-7,9-11,13H,1-5,8H2;;;/q;;;+1;-1. The number of hydrogen-bond donors (Lipinski definition) is 1. The molecule has 235 valence electrons. The van der Waals surface area contributed by atoms with Crippen molar-refractivity contribution in [2.24, 2.45) is 11.8 Å². The fourth-order valence-electron chi connectivity index (χ4n) is 7.82. The number of imidazole rings is 2. The number of fused-ring (bicyclic) bond motifs is 6. The van der Waals surface area contributed by atoms with Crippen LogP contribution in [0.1, 0.15) is 102 Å². The molecule has 2 aliphatic carbocycles. The van der Waals surface area contributed by atoms with Gasteiger partial charge >= 0.3 is 29.6 Å². The minimum atomic E-state index is -0.364. The molecule has 6 heterocycles. The SMILES string of the molecule is O=C(CC1c2nccc(F)c2-c2cncn21)C1CCCCC1.OC(CC1c2nccc(F)c2-c2cncn21)C1CCCCC1.[B].[H-].[Na+]. The second-order valence-corrected chi connectivity index (χ2v) is 12.7. The Kier molecular flexibility index (Phi) is 11.3. The molecule has 4 aliphatic rings. The van der Waals surface area contributed by atoms with Crippen LogP contribution in [0.15, 0.2) is 49.6 Å². The van der Waals surface area contributed by atoms with E-state index in [9.17, 15) is 18.7 Å². The molecule has 2 aliphatic heterocycles. The molecule has 0 amide bonds. The van der Waals surface area contributed by atoms with Gasteiger partial charge in [0.25, 0.3) is 0 Å². The van der Waals surface area contributed by atoms with Gasteiger partial charge in [-0.2, -0.15) is 0 Å². The molecule has 12 heteroatoms. The van der Waals surface area contributed by atoms with Crippen LogP contribution >= 0.6 is 0 Å². The molecule has 4 aromatic rings. The van der Waals surface area contributed by atoms with Crippen molar-refractivity contribution in [2.75, 3.05) is 0 Å². The molecule has 0 bridgehead atoms. The Morgan fingerprint density at radius 3 is 1.89 bits per heavy atom. The van der Waals surface area contributed by atoms with E-state index in [1.807, 2.05) is 9.13 Å². The van der Waals surface area contributed by atoms with E-state index >= 15 is 0 Å². The number of hydrogen-bond acceptors (Lipinski definition) is 6. The predicted molar refractivity (Wildman–Crippen MR) is 167 cm³/mol. The van der Waals surface area contributed by atoms with Gasteiger partial charge in [-0.1, -0.05) is 38.5 Å². The number of rotatable bonds is 6. The first-order chi connectivity index (χ1) is 21.5. The van der Waals surface area contributed by atoms with Crippen molar-refractivity contribution >= 4 is 14.2 Å². The number of pyridine rings is 2. The molecule has 3 unspecified atom stereocenters. The van der Waals surface area contributed by atoms with Gasteiger partial charge in [0.2, 0.25) is 0 Å². The molecular weight excluding hydrogens is 596 g/mol. The van der Waals surface area contributed by atoms with Crippen LogP contribution in [0.25, 0.3) is 22.5 Å². The third kappa shape index (κ3) is 6.53. The van der Waals surface area contributed by atoms with Crippen molar-refractivity contribution in [3.63, 3.8) is 0 Å². The van der Waals surface area contributed by atoms with Gasteiger partial charge in [-0.05, 0) is 43.7 Å². The third-order valence-electron chi connectivity index (χ3n) is 10.1. The maximum Gasteiger partial charge on any atom is 1.00 e. The number of halogens is 2. The maximum atomic E-state index is 14.2. The van der Waals surface area contributed by atoms with Crippen LogP contribution in [0.4, 0.5) is 8.78 Å². The van der Waals surface area contributed by atoms with E-state index in [0.717, 1.165) is 55.6 Å². The van der Waals surface area contributed by atoms with E-state index in [2.05, 4.69) is 19.9 Å². The van der Waals surface area contributed by atoms with E-state index in [1.54, 1.807) is 25.0 Å². The largest absolute Gasteiger partial charge is 1.00 e. The van der Waals surface area contributed by atoms with E-state index in [-0.39, 0.29) is 80.9 Å². The van der Waals surface area contributed by atoms with Gasteiger partial charge in [0, 0.05) is 39.6 Å². The molecule has 8 nitrogen and oxygen atoms in total. The zero-order chi connectivity index (χ0) is 30.2. The second-order valence-electron chi connectivity index (χ2n) is 12.7. The van der Waals surface area contributed by atoms with Crippen LogP contribution in [0.3, 0.4) is 0 Å². The maximum absolute atomic E-state index is 14.2. The molecule has 3 radical (unpaired) electrons. The van der Waals surface area contributed by atoms with Gasteiger partial charge < -0.3 is 15.7 Å². The molecule has 4 aromatic heterocycles. The summed E-state index contributed by atoms with van der Waals surface area (Å²) in [5, 5.41) is 10.6. The molecule has 3 atom stereocenters. The first kappa shape index (κ1) is 34.6. The van der Waals surface area contributed by atoms with Crippen molar-refractivity contribution in [3.05, 3.63) is 72.6 Å². The Morgan fingerprint density at radius 1 is 0.826 bits per heavy atom. The first-order valence-corrected chi connectivity index (χ1v) is 16.0. The van der Waals surface area contributed by atoms with Gasteiger partial charge in [-0.25, -0.2) is 18.7 Å². The number of aliphatic hydroxyl groups is 1. The van der Waals surface area contributed by atoms with Gasteiger partial charge in [0.15, 0.2) is 0 Å². The molecule has 2 saturated carbocycles. The van der Waals surface area contributed by atoms with Crippen LogP contribution in [0, 0.1) is 23.5 Å². The average molecular weight is 636 g/mol. The predicted octanol–water partition coefficient (Wildman–Crippen LogP) is 3.58. The number of aliphatic hydroxyl groups excluding tert-OH is 1. The van der Waals surface area contributed by atoms with E-state index in [1.165, 1.54) is 50.2 Å². The number of aromatic nitrogens is 6. The van der Waals surface area contributed by atoms with E-state index in [0.29, 0.717) is 35.6 Å². The first-order valence-electron chi connectivity index (χ1n) is 16.0. The number of Topliss-reactive ketones (excluding diaryl/α,β-unsaturated/α-hetero) is 1. The van der Waals surface area contributed by atoms with Gasteiger partial charge in [-0.15, -0.1) is 0 Å². The Bertz CT molecular complexity index is 1660.